The summed E-state index contributed by atoms with van der Waals surface area (Å²) >= 11 is 0. The molecule has 2 aromatic rings. The standard InChI is InChI=1S/C16H21N5O2/c22-15-6-11(8-21-3-2-17-10-21)5-14(15)20-16-18-7-12-9-23-4-1-13(12)19-16/h2-3,7,10-11,14-15,22H,1,4-6,8-9H2,(H,18,19,20)/t11?,14-,15-/m1/s1. The van der Waals surface area contributed by atoms with Gasteiger partial charge >= 0.3 is 0 Å². The van der Waals surface area contributed by atoms with Crippen molar-refractivity contribution in [3.8, 4) is 0 Å². The van der Waals surface area contributed by atoms with Gasteiger partial charge in [-0.05, 0) is 18.8 Å². The van der Waals surface area contributed by atoms with Crippen molar-refractivity contribution in [1.29, 1.82) is 0 Å². The predicted molar refractivity (Wildman–Crippen MR) is 83.8 cm³/mol. The van der Waals surface area contributed by atoms with Crippen molar-refractivity contribution in [1.82, 2.24) is 19.5 Å². The molecule has 7 heteroatoms. The largest absolute Gasteiger partial charge is 0.391 e. The van der Waals surface area contributed by atoms with Crippen molar-refractivity contribution in [3.63, 3.8) is 0 Å². The summed E-state index contributed by atoms with van der Waals surface area (Å²) in [5.74, 6) is 1.04. The van der Waals surface area contributed by atoms with Crippen molar-refractivity contribution < 1.29 is 9.84 Å². The zero-order valence-electron chi connectivity index (χ0n) is 12.9. The van der Waals surface area contributed by atoms with Gasteiger partial charge in [0.25, 0.3) is 0 Å². The molecule has 1 fully saturated rings. The summed E-state index contributed by atoms with van der Waals surface area (Å²) in [5.41, 5.74) is 2.11. The molecule has 0 amide bonds. The van der Waals surface area contributed by atoms with Gasteiger partial charge in [0.05, 0.1) is 37.4 Å². The third-order valence-electron chi connectivity index (χ3n) is 4.66. The lowest BCUT2D eigenvalue weighted by atomic mass is 10.1. The average Bonchev–Trinajstić information content (AvgIpc) is 3.18. The van der Waals surface area contributed by atoms with Crippen LogP contribution in [0.15, 0.2) is 24.9 Å². The number of nitrogens with one attached hydrogen (secondary N) is 1. The summed E-state index contributed by atoms with van der Waals surface area (Å²) in [4.78, 5) is 13.0. The Morgan fingerprint density at radius 1 is 1.39 bits per heavy atom. The summed E-state index contributed by atoms with van der Waals surface area (Å²) in [5, 5.41) is 13.6. The third-order valence-corrected chi connectivity index (χ3v) is 4.66. The second-order valence-electron chi connectivity index (χ2n) is 6.38. The predicted octanol–water partition coefficient (Wildman–Crippen LogP) is 0.997. The summed E-state index contributed by atoms with van der Waals surface area (Å²) in [7, 11) is 0. The fourth-order valence-corrected chi connectivity index (χ4v) is 3.48. The number of aliphatic hydroxyl groups excluding tert-OH is 1. The van der Waals surface area contributed by atoms with Crippen molar-refractivity contribution >= 4 is 5.95 Å². The van der Waals surface area contributed by atoms with Gasteiger partial charge in [-0.15, -0.1) is 0 Å². The zero-order chi connectivity index (χ0) is 15.6. The molecule has 0 radical (unpaired) electrons. The molecule has 0 spiro atoms. The number of aromatic nitrogens is 4. The minimum absolute atomic E-state index is 0.00131. The Hall–Kier alpha value is -1.99. The van der Waals surface area contributed by atoms with E-state index in [-0.39, 0.29) is 12.1 Å². The number of aliphatic hydroxyl groups is 1. The lowest BCUT2D eigenvalue weighted by Gasteiger charge is -2.19. The monoisotopic (exact) mass is 315 g/mol. The number of nitrogens with zero attached hydrogens (tertiary/aromatic N) is 4. The smallest absolute Gasteiger partial charge is 0.223 e. The topological polar surface area (TPSA) is 85.1 Å². The maximum Gasteiger partial charge on any atom is 0.223 e. The number of anilines is 1. The highest BCUT2D eigenvalue weighted by Gasteiger charge is 2.33. The molecule has 2 aromatic heterocycles. The molecule has 2 aliphatic rings. The van der Waals surface area contributed by atoms with E-state index >= 15 is 0 Å². The zero-order valence-corrected chi connectivity index (χ0v) is 12.9. The molecule has 122 valence electrons. The Kier molecular flexibility index (Phi) is 3.97. The molecule has 1 aliphatic carbocycles. The molecule has 7 nitrogen and oxygen atoms in total. The Morgan fingerprint density at radius 2 is 2.35 bits per heavy atom. The van der Waals surface area contributed by atoms with E-state index in [4.69, 9.17) is 4.74 Å². The first-order valence-corrected chi connectivity index (χ1v) is 8.11. The van der Waals surface area contributed by atoms with Crippen molar-refractivity contribution in [3.05, 3.63) is 36.2 Å². The SMILES string of the molecule is O[C@@H]1CC(Cn2ccnc2)C[C@H]1Nc1ncc2c(n1)CCOC2. The van der Waals surface area contributed by atoms with Crippen LogP contribution in [0.2, 0.25) is 0 Å². The molecule has 3 atom stereocenters. The van der Waals surface area contributed by atoms with Crippen LogP contribution in [0.3, 0.4) is 0 Å². The van der Waals surface area contributed by atoms with E-state index < -0.39 is 0 Å². The van der Waals surface area contributed by atoms with E-state index in [0.29, 0.717) is 25.1 Å². The third kappa shape index (κ3) is 3.20. The second kappa shape index (κ2) is 6.25. The van der Waals surface area contributed by atoms with E-state index in [1.165, 1.54) is 0 Å². The molecular weight excluding hydrogens is 294 g/mol. The van der Waals surface area contributed by atoms with Gasteiger partial charge < -0.3 is 19.7 Å². The van der Waals surface area contributed by atoms with E-state index in [9.17, 15) is 5.11 Å². The summed E-state index contributed by atoms with van der Waals surface area (Å²) in [6.45, 7) is 2.19. The van der Waals surface area contributed by atoms with Crippen LogP contribution in [0.5, 0.6) is 0 Å². The maximum atomic E-state index is 10.3. The first-order chi connectivity index (χ1) is 11.3. The molecule has 0 saturated heterocycles. The molecule has 0 aromatic carbocycles. The van der Waals surface area contributed by atoms with Crippen LogP contribution < -0.4 is 5.32 Å². The summed E-state index contributed by atoms with van der Waals surface area (Å²) < 4.78 is 7.47. The van der Waals surface area contributed by atoms with Crippen LogP contribution in [0.4, 0.5) is 5.95 Å². The Balaban J connectivity index is 1.40. The first kappa shape index (κ1) is 14.6. The molecule has 1 unspecified atom stereocenters. The van der Waals surface area contributed by atoms with Gasteiger partial charge in [0.1, 0.15) is 0 Å². The van der Waals surface area contributed by atoms with Crippen molar-refractivity contribution in [2.24, 2.45) is 5.92 Å². The number of rotatable bonds is 4. The fourth-order valence-electron chi connectivity index (χ4n) is 3.48. The number of fused-ring (bicyclic) bond motifs is 1. The molecule has 1 aliphatic heterocycles. The molecule has 1 saturated carbocycles. The minimum Gasteiger partial charge on any atom is -0.391 e. The van der Waals surface area contributed by atoms with E-state index in [1.807, 2.05) is 18.7 Å². The van der Waals surface area contributed by atoms with Crippen LogP contribution in [-0.2, 0) is 24.3 Å². The Labute approximate surface area is 134 Å². The Bertz CT molecular complexity index is 660. The summed E-state index contributed by atoms with van der Waals surface area (Å²) in [6, 6.07) is 0.00131. The van der Waals surface area contributed by atoms with Crippen LogP contribution in [0.1, 0.15) is 24.1 Å². The van der Waals surface area contributed by atoms with E-state index in [1.54, 1.807) is 6.20 Å². The second-order valence-corrected chi connectivity index (χ2v) is 6.38. The van der Waals surface area contributed by atoms with E-state index in [0.717, 1.165) is 37.1 Å². The lowest BCUT2D eigenvalue weighted by molar-refractivity contribution is 0.109. The van der Waals surface area contributed by atoms with Gasteiger partial charge in [0.2, 0.25) is 5.95 Å². The number of imidazole rings is 1. The average molecular weight is 315 g/mol. The first-order valence-electron chi connectivity index (χ1n) is 8.11. The van der Waals surface area contributed by atoms with Gasteiger partial charge in [-0.1, -0.05) is 0 Å². The highest BCUT2D eigenvalue weighted by atomic mass is 16.5. The lowest BCUT2D eigenvalue weighted by Crippen LogP contribution is -2.29. The highest BCUT2D eigenvalue weighted by molar-refractivity contribution is 5.32. The van der Waals surface area contributed by atoms with Gasteiger partial charge in [-0.25, -0.2) is 15.0 Å². The number of hydrogen-bond acceptors (Lipinski definition) is 6. The van der Waals surface area contributed by atoms with Crippen LogP contribution >= 0.6 is 0 Å². The van der Waals surface area contributed by atoms with Gasteiger partial charge in [-0.3, -0.25) is 0 Å². The van der Waals surface area contributed by atoms with Gasteiger partial charge in [-0.2, -0.15) is 0 Å². The van der Waals surface area contributed by atoms with Gasteiger partial charge in [0, 0.05) is 37.1 Å². The van der Waals surface area contributed by atoms with E-state index in [2.05, 4.69) is 24.8 Å². The summed E-state index contributed by atoms with van der Waals surface area (Å²) in [6.07, 6.45) is 9.54. The van der Waals surface area contributed by atoms with Crippen LogP contribution in [-0.4, -0.2) is 43.4 Å². The van der Waals surface area contributed by atoms with Crippen LogP contribution in [0, 0.1) is 5.92 Å². The highest BCUT2D eigenvalue weighted by Crippen LogP contribution is 2.29. The number of hydrogen-bond donors (Lipinski definition) is 2. The Morgan fingerprint density at radius 3 is 3.22 bits per heavy atom. The molecule has 4 rings (SSSR count). The molecule has 3 heterocycles. The molecular formula is C16H21N5O2. The molecule has 0 bridgehead atoms. The fraction of sp³-hybridized carbons (Fsp3) is 0.562. The van der Waals surface area contributed by atoms with Crippen molar-refractivity contribution in [2.45, 2.75) is 44.6 Å². The van der Waals surface area contributed by atoms with Crippen LogP contribution in [0.25, 0.3) is 0 Å². The van der Waals surface area contributed by atoms with Gasteiger partial charge in [0.15, 0.2) is 0 Å². The number of ether oxygens (including phenoxy) is 1. The van der Waals surface area contributed by atoms with Crippen molar-refractivity contribution in [2.75, 3.05) is 11.9 Å². The quantitative estimate of drug-likeness (QED) is 0.875. The minimum atomic E-state index is -0.369. The maximum absolute atomic E-state index is 10.3. The molecule has 2 N–H and O–H groups in total. The normalized spacial score (nSPS) is 26.9. The molecule has 23 heavy (non-hydrogen) atoms.